The van der Waals surface area contributed by atoms with Crippen molar-refractivity contribution in [2.75, 3.05) is 5.73 Å². The van der Waals surface area contributed by atoms with Gasteiger partial charge in [-0.25, -0.2) is 0 Å². The van der Waals surface area contributed by atoms with Gasteiger partial charge in [0, 0.05) is 10.2 Å². The van der Waals surface area contributed by atoms with Crippen molar-refractivity contribution >= 4 is 44.8 Å². The first-order valence-electron chi connectivity index (χ1n) is 6.10. The van der Waals surface area contributed by atoms with Gasteiger partial charge in [0.2, 0.25) is 0 Å². The lowest BCUT2D eigenvalue weighted by Crippen LogP contribution is -1.93. The third kappa shape index (κ3) is 3.40. The molecule has 0 aliphatic heterocycles. The molecule has 0 saturated carbocycles. The minimum Gasteiger partial charge on any atom is -0.454 e. The lowest BCUT2D eigenvalue weighted by Gasteiger charge is -2.14. The van der Waals surface area contributed by atoms with E-state index >= 15 is 0 Å². The largest absolute Gasteiger partial charge is 0.454 e. The highest BCUT2D eigenvalue weighted by atomic mass is 79.9. The molecule has 0 aromatic heterocycles. The molecular weight excluding hydrogens is 361 g/mol. The third-order valence-electron chi connectivity index (χ3n) is 2.83. The number of anilines is 1. The fourth-order valence-electron chi connectivity index (χ4n) is 1.82. The number of benzene rings is 2. The Kier molecular flexibility index (Phi) is 4.84. The monoisotopic (exact) mass is 373 g/mol. The Bertz CT molecular complexity index is 621. The van der Waals surface area contributed by atoms with Crippen LogP contribution < -0.4 is 10.5 Å². The SMILES string of the molecule is CC(C)c1cc(Oc2c(Cl)cc(N)cc2Cl)ccc1Br. The molecule has 2 N–H and O–H groups in total. The van der Waals surface area contributed by atoms with Gasteiger partial charge >= 0.3 is 0 Å². The molecule has 0 amide bonds. The maximum atomic E-state index is 6.12. The predicted molar refractivity (Wildman–Crippen MR) is 89.2 cm³/mol. The van der Waals surface area contributed by atoms with E-state index in [-0.39, 0.29) is 0 Å². The van der Waals surface area contributed by atoms with E-state index in [2.05, 4.69) is 29.8 Å². The summed E-state index contributed by atoms with van der Waals surface area (Å²) < 4.78 is 6.85. The number of rotatable bonds is 3. The fourth-order valence-corrected chi connectivity index (χ4v) is 3.11. The van der Waals surface area contributed by atoms with E-state index in [9.17, 15) is 0 Å². The van der Waals surface area contributed by atoms with Crippen LogP contribution in [0.2, 0.25) is 10.0 Å². The lowest BCUT2D eigenvalue weighted by atomic mass is 10.0. The second-order valence-corrected chi connectivity index (χ2v) is 6.42. The molecule has 0 bridgehead atoms. The molecule has 20 heavy (non-hydrogen) atoms. The molecule has 0 unspecified atom stereocenters. The van der Waals surface area contributed by atoms with Gasteiger partial charge in [-0.1, -0.05) is 53.0 Å². The summed E-state index contributed by atoms with van der Waals surface area (Å²) in [6.07, 6.45) is 0. The molecule has 0 fully saturated rings. The van der Waals surface area contributed by atoms with Crippen molar-refractivity contribution in [3.8, 4) is 11.5 Å². The molecule has 0 spiro atoms. The van der Waals surface area contributed by atoms with Crippen LogP contribution in [-0.2, 0) is 0 Å². The quantitative estimate of drug-likeness (QED) is 0.644. The highest BCUT2D eigenvalue weighted by molar-refractivity contribution is 9.10. The van der Waals surface area contributed by atoms with Gasteiger partial charge in [0.05, 0.1) is 10.0 Å². The summed E-state index contributed by atoms with van der Waals surface area (Å²) >= 11 is 15.8. The zero-order chi connectivity index (χ0) is 14.9. The first-order valence-corrected chi connectivity index (χ1v) is 7.65. The minimum atomic E-state index is 0.380. The third-order valence-corrected chi connectivity index (χ3v) is 4.11. The van der Waals surface area contributed by atoms with E-state index in [1.54, 1.807) is 12.1 Å². The van der Waals surface area contributed by atoms with Crippen LogP contribution in [0.15, 0.2) is 34.8 Å². The number of hydrogen-bond acceptors (Lipinski definition) is 2. The maximum Gasteiger partial charge on any atom is 0.164 e. The van der Waals surface area contributed by atoms with Gasteiger partial charge in [-0.05, 0) is 41.8 Å². The van der Waals surface area contributed by atoms with Gasteiger partial charge in [0.1, 0.15) is 5.75 Å². The Hall–Kier alpha value is -0.900. The number of nitrogen functional groups attached to an aromatic ring is 1. The molecule has 2 rings (SSSR count). The molecule has 0 radical (unpaired) electrons. The van der Waals surface area contributed by atoms with Crippen LogP contribution in [0.3, 0.4) is 0 Å². The highest BCUT2D eigenvalue weighted by Crippen LogP contribution is 2.39. The van der Waals surface area contributed by atoms with Crippen molar-refractivity contribution in [3.63, 3.8) is 0 Å². The van der Waals surface area contributed by atoms with Crippen LogP contribution in [0.4, 0.5) is 5.69 Å². The van der Waals surface area contributed by atoms with Crippen molar-refractivity contribution in [2.24, 2.45) is 0 Å². The van der Waals surface area contributed by atoms with E-state index in [0.717, 1.165) is 10.0 Å². The molecule has 2 aromatic rings. The van der Waals surface area contributed by atoms with Crippen molar-refractivity contribution in [3.05, 3.63) is 50.4 Å². The second kappa shape index (κ2) is 6.25. The summed E-state index contributed by atoms with van der Waals surface area (Å²) in [4.78, 5) is 0. The van der Waals surface area contributed by atoms with E-state index in [0.29, 0.717) is 33.1 Å². The standard InChI is InChI=1S/C15H14BrCl2NO/c1-8(2)11-7-10(3-4-12(11)16)20-15-13(17)5-9(19)6-14(15)18/h3-8H,19H2,1-2H3. The zero-order valence-corrected chi connectivity index (χ0v) is 14.2. The summed E-state index contributed by atoms with van der Waals surface area (Å²) in [6, 6.07) is 9.01. The van der Waals surface area contributed by atoms with Gasteiger partial charge in [-0.15, -0.1) is 0 Å². The minimum absolute atomic E-state index is 0.380. The lowest BCUT2D eigenvalue weighted by molar-refractivity contribution is 0.482. The summed E-state index contributed by atoms with van der Waals surface area (Å²) in [5, 5.41) is 0.785. The molecule has 2 aromatic carbocycles. The summed E-state index contributed by atoms with van der Waals surface area (Å²) in [5.74, 6) is 1.48. The summed E-state index contributed by atoms with van der Waals surface area (Å²) in [5.41, 5.74) is 7.34. The summed E-state index contributed by atoms with van der Waals surface area (Å²) in [7, 11) is 0. The molecule has 0 aliphatic rings. The summed E-state index contributed by atoms with van der Waals surface area (Å²) in [6.45, 7) is 4.24. The average Bonchev–Trinajstić information content (AvgIpc) is 2.35. The Morgan fingerprint density at radius 3 is 2.25 bits per heavy atom. The van der Waals surface area contributed by atoms with E-state index in [1.165, 1.54) is 0 Å². The Labute approximate surface area is 137 Å². The van der Waals surface area contributed by atoms with Gasteiger partial charge < -0.3 is 10.5 Å². The van der Waals surface area contributed by atoms with Crippen molar-refractivity contribution in [1.82, 2.24) is 0 Å². The van der Waals surface area contributed by atoms with Gasteiger partial charge in [0.15, 0.2) is 5.75 Å². The van der Waals surface area contributed by atoms with Crippen molar-refractivity contribution < 1.29 is 4.74 Å². The zero-order valence-electron chi connectivity index (χ0n) is 11.1. The van der Waals surface area contributed by atoms with E-state index in [4.69, 9.17) is 33.7 Å². The predicted octanol–water partition coefficient (Wildman–Crippen LogP) is 6.25. The topological polar surface area (TPSA) is 35.2 Å². The first kappa shape index (κ1) is 15.5. The molecule has 2 nitrogen and oxygen atoms in total. The van der Waals surface area contributed by atoms with Gasteiger partial charge in [-0.3, -0.25) is 0 Å². The second-order valence-electron chi connectivity index (χ2n) is 4.75. The van der Waals surface area contributed by atoms with Crippen LogP contribution in [0, 0.1) is 0 Å². The van der Waals surface area contributed by atoms with Crippen LogP contribution in [-0.4, -0.2) is 0 Å². The molecule has 106 valence electrons. The van der Waals surface area contributed by atoms with Crippen LogP contribution in [0.25, 0.3) is 0 Å². The smallest absolute Gasteiger partial charge is 0.164 e. The van der Waals surface area contributed by atoms with Crippen LogP contribution in [0.1, 0.15) is 25.3 Å². The molecule has 0 aliphatic carbocycles. The maximum absolute atomic E-state index is 6.12. The average molecular weight is 375 g/mol. The highest BCUT2D eigenvalue weighted by Gasteiger charge is 2.12. The van der Waals surface area contributed by atoms with E-state index < -0.39 is 0 Å². The van der Waals surface area contributed by atoms with Gasteiger partial charge in [0.25, 0.3) is 0 Å². The number of ether oxygens (including phenoxy) is 1. The fraction of sp³-hybridized carbons (Fsp3) is 0.200. The number of nitrogens with two attached hydrogens (primary N) is 1. The number of halogens is 3. The van der Waals surface area contributed by atoms with E-state index in [1.807, 2.05) is 18.2 Å². The normalized spacial score (nSPS) is 10.9. The van der Waals surface area contributed by atoms with Crippen molar-refractivity contribution in [1.29, 1.82) is 0 Å². The molecular formula is C15H14BrCl2NO. The molecule has 5 heteroatoms. The first-order chi connectivity index (χ1) is 9.38. The van der Waals surface area contributed by atoms with Gasteiger partial charge in [-0.2, -0.15) is 0 Å². The Balaban J connectivity index is 2.38. The van der Waals surface area contributed by atoms with Crippen LogP contribution >= 0.6 is 39.1 Å². The number of hydrogen-bond donors (Lipinski definition) is 1. The van der Waals surface area contributed by atoms with Crippen molar-refractivity contribution in [2.45, 2.75) is 19.8 Å². The Morgan fingerprint density at radius 2 is 1.70 bits per heavy atom. The Morgan fingerprint density at radius 1 is 1.10 bits per heavy atom. The van der Waals surface area contributed by atoms with Crippen LogP contribution in [0.5, 0.6) is 11.5 Å². The molecule has 0 atom stereocenters. The molecule has 0 saturated heterocycles. The molecule has 0 heterocycles.